The number of nitrogens with zero attached hydrogens (tertiary/aromatic N) is 4. The summed E-state index contributed by atoms with van der Waals surface area (Å²) >= 11 is 1.21. The molecule has 0 bridgehead atoms. The van der Waals surface area contributed by atoms with Gasteiger partial charge in [0.2, 0.25) is 5.91 Å². The Hall–Kier alpha value is -4.12. The molecule has 2 aromatic carbocycles. The maximum absolute atomic E-state index is 12.7. The third-order valence-corrected chi connectivity index (χ3v) is 6.01. The third-order valence-electron chi connectivity index (χ3n) is 5.04. The lowest BCUT2D eigenvalue weighted by molar-refractivity contribution is -0.113. The Balaban J connectivity index is 1.78. The van der Waals surface area contributed by atoms with E-state index in [0.29, 0.717) is 17.5 Å². The van der Waals surface area contributed by atoms with Crippen molar-refractivity contribution in [2.75, 3.05) is 44.3 Å². The molecule has 0 aliphatic rings. The van der Waals surface area contributed by atoms with Gasteiger partial charge in [0.25, 0.3) is 0 Å². The van der Waals surface area contributed by atoms with E-state index in [-0.39, 0.29) is 28.5 Å². The monoisotopic (exact) mass is 509 g/mol. The maximum Gasteiger partial charge on any atom is 0.337 e. The molecule has 0 aliphatic carbocycles. The standard InChI is InChI=1S/C25H27N5O5S/c1-6-10-30-22(16-8-7-9-20(14-16)29(2)3)27-28-25(30)36-15-21(31)26-19-12-17(23(32)34-4)11-18(13-19)24(33)35-5/h6-9,11-14H,1,10,15H2,2-5H3,(H,26,31). The molecule has 11 heteroatoms. The normalized spacial score (nSPS) is 10.4. The van der Waals surface area contributed by atoms with Crippen LogP contribution in [0.1, 0.15) is 20.7 Å². The van der Waals surface area contributed by atoms with Gasteiger partial charge >= 0.3 is 11.9 Å². The fraction of sp³-hybridized carbons (Fsp3) is 0.240. The van der Waals surface area contributed by atoms with Crippen LogP contribution in [0.25, 0.3) is 11.4 Å². The minimum Gasteiger partial charge on any atom is -0.465 e. The summed E-state index contributed by atoms with van der Waals surface area (Å²) in [6.07, 6.45) is 1.74. The van der Waals surface area contributed by atoms with Crippen molar-refractivity contribution in [3.05, 3.63) is 66.2 Å². The van der Waals surface area contributed by atoms with Gasteiger partial charge in [0.05, 0.1) is 31.1 Å². The molecule has 1 heterocycles. The van der Waals surface area contributed by atoms with E-state index in [1.807, 2.05) is 47.8 Å². The summed E-state index contributed by atoms with van der Waals surface area (Å²) in [6, 6.07) is 12.1. The van der Waals surface area contributed by atoms with E-state index >= 15 is 0 Å². The van der Waals surface area contributed by atoms with Crippen molar-refractivity contribution < 1.29 is 23.9 Å². The highest BCUT2D eigenvalue weighted by atomic mass is 32.2. The molecule has 1 amide bonds. The summed E-state index contributed by atoms with van der Waals surface area (Å²) in [5.41, 5.74) is 2.39. The van der Waals surface area contributed by atoms with E-state index in [1.54, 1.807) is 6.08 Å². The van der Waals surface area contributed by atoms with Crippen molar-refractivity contribution in [1.82, 2.24) is 14.8 Å². The van der Waals surface area contributed by atoms with Gasteiger partial charge in [-0.3, -0.25) is 9.36 Å². The second-order valence-corrected chi connectivity index (χ2v) is 8.71. The molecular formula is C25H27N5O5S. The van der Waals surface area contributed by atoms with E-state index in [4.69, 9.17) is 9.47 Å². The highest BCUT2D eigenvalue weighted by Gasteiger charge is 2.18. The zero-order valence-corrected chi connectivity index (χ0v) is 21.3. The summed E-state index contributed by atoms with van der Waals surface area (Å²) in [5.74, 6) is -0.969. The number of esters is 2. The number of ether oxygens (including phenoxy) is 2. The van der Waals surface area contributed by atoms with Crippen molar-refractivity contribution >= 4 is 41.0 Å². The topological polar surface area (TPSA) is 116 Å². The second-order valence-electron chi connectivity index (χ2n) is 7.77. The van der Waals surface area contributed by atoms with Gasteiger partial charge in [-0.05, 0) is 30.3 Å². The number of aromatic nitrogens is 3. The molecule has 0 unspecified atom stereocenters. The van der Waals surface area contributed by atoms with Crippen LogP contribution in [-0.2, 0) is 20.8 Å². The molecule has 3 rings (SSSR count). The van der Waals surface area contributed by atoms with Crippen LogP contribution in [-0.4, -0.2) is 66.7 Å². The predicted octanol–water partition coefficient (Wildman–Crippen LogP) is 3.50. The maximum atomic E-state index is 12.7. The Morgan fingerprint density at radius 1 is 1.06 bits per heavy atom. The lowest BCUT2D eigenvalue weighted by atomic mass is 10.1. The molecule has 0 aliphatic heterocycles. The second kappa shape index (κ2) is 12.0. The first-order valence-electron chi connectivity index (χ1n) is 10.8. The number of anilines is 2. The predicted molar refractivity (Wildman–Crippen MR) is 138 cm³/mol. The number of hydrogen-bond acceptors (Lipinski definition) is 9. The van der Waals surface area contributed by atoms with Gasteiger partial charge in [-0.15, -0.1) is 16.8 Å². The third kappa shape index (κ3) is 6.30. The first-order valence-corrected chi connectivity index (χ1v) is 11.8. The van der Waals surface area contributed by atoms with Crippen molar-refractivity contribution in [2.45, 2.75) is 11.7 Å². The number of benzene rings is 2. The van der Waals surface area contributed by atoms with Crippen LogP contribution in [0.15, 0.2) is 60.3 Å². The molecule has 36 heavy (non-hydrogen) atoms. The first kappa shape index (κ1) is 26.5. The fourth-order valence-corrected chi connectivity index (χ4v) is 4.07. The average molecular weight is 510 g/mol. The minimum atomic E-state index is -0.644. The van der Waals surface area contributed by atoms with Crippen molar-refractivity contribution in [2.24, 2.45) is 0 Å². The number of carbonyl (C=O) groups is 3. The number of allylic oxidation sites excluding steroid dienone is 1. The Morgan fingerprint density at radius 2 is 1.72 bits per heavy atom. The van der Waals surface area contributed by atoms with Crippen LogP contribution in [0, 0.1) is 0 Å². The molecule has 10 nitrogen and oxygen atoms in total. The van der Waals surface area contributed by atoms with Crippen LogP contribution < -0.4 is 10.2 Å². The van der Waals surface area contributed by atoms with Crippen molar-refractivity contribution in [3.63, 3.8) is 0 Å². The Morgan fingerprint density at radius 3 is 2.31 bits per heavy atom. The summed E-state index contributed by atoms with van der Waals surface area (Å²) in [6.45, 7) is 4.28. The number of amides is 1. The van der Waals surface area contributed by atoms with E-state index in [0.717, 1.165) is 11.3 Å². The Bertz CT molecular complexity index is 1250. The van der Waals surface area contributed by atoms with Crippen LogP contribution in [0.2, 0.25) is 0 Å². The molecule has 1 aromatic heterocycles. The van der Waals surface area contributed by atoms with E-state index in [1.165, 1.54) is 44.2 Å². The van der Waals surface area contributed by atoms with E-state index in [2.05, 4.69) is 22.1 Å². The van der Waals surface area contributed by atoms with E-state index < -0.39 is 11.9 Å². The molecule has 0 radical (unpaired) electrons. The van der Waals surface area contributed by atoms with Crippen molar-refractivity contribution in [1.29, 1.82) is 0 Å². The summed E-state index contributed by atoms with van der Waals surface area (Å²) < 4.78 is 11.3. The summed E-state index contributed by atoms with van der Waals surface area (Å²) in [4.78, 5) is 38.7. The lowest BCUT2D eigenvalue weighted by Crippen LogP contribution is -2.16. The molecule has 0 fully saturated rings. The molecule has 1 N–H and O–H groups in total. The Labute approximate surface area is 213 Å². The fourth-order valence-electron chi connectivity index (χ4n) is 3.32. The summed E-state index contributed by atoms with van der Waals surface area (Å²) in [5, 5.41) is 11.9. The number of rotatable bonds is 10. The van der Waals surface area contributed by atoms with Crippen LogP contribution in [0.4, 0.5) is 11.4 Å². The smallest absolute Gasteiger partial charge is 0.337 e. The molecule has 0 saturated carbocycles. The van der Waals surface area contributed by atoms with Gasteiger partial charge in [0.15, 0.2) is 11.0 Å². The molecule has 0 saturated heterocycles. The first-order chi connectivity index (χ1) is 17.3. The zero-order valence-electron chi connectivity index (χ0n) is 20.5. The average Bonchev–Trinajstić information content (AvgIpc) is 3.28. The number of nitrogens with one attached hydrogen (secondary N) is 1. The molecule has 0 atom stereocenters. The van der Waals surface area contributed by atoms with Gasteiger partial charge in [0, 0.05) is 37.6 Å². The van der Waals surface area contributed by atoms with Crippen molar-refractivity contribution in [3.8, 4) is 11.4 Å². The lowest BCUT2D eigenvalue weighted by Gasteiger charge is -2.14. The minimum absolute atomic E-state index is 0.0169. The molecule has 3 aromatic rings. The van der Waals surface area contributed by atoms with Gasteiger partial charge in [0.1, 0.15) is 0 Å². The molecular weight excluding hydrogens is 482 g/mol. The summed E-state index contributed by atoms with van der Waals surface area (Å²) in [7, 11) is 6.38. The van der Waals surface area contributed by atoms with Crippen LogP contribution >= 0.6 is 11.8 Å². The quantitative estimate of drug-likeness (QED) is 0.249. The SMILES string of the molecule is C=CCn1c(SCC(=O)Nc2cc(C(=O)OC)cc(C(=O)OC)c2)nnc1-c1cccc(N(C)C)c1. The number of methoxy groups -OCH3 is 2. The zero-order chi connectivity index (χ0) is 26.2. The molecule has 0 spiro atoms. The Kier molecular flexibility index (Phi) is 8.85. The number of carbonyl (C=O) groups excluding carboxylic acids is 3. The number of hydrogen-bond donors (Lipinski definition) is 1. The highest BCUT2D eigenvalue weighted by molar-refractivity contribution is 7.99. The van der Waals surface area contributed by atoms with E-state index in [9.17, 15) is 14.4 Å². The van der Waals surface area contributed by atoms with Gasteiger partial charge in [-0.1, -0.05) is 30.0 Å². The van der Waals surface area contributed by atoms with Gasteiger partial charge in [-0.25, -0.2) is 9.59 Å². The highest BCUT2D eigenvalue weighted by Crippen LogP contribution is 2.27. The van der Waals surface area contributed by atoms with Crippen LogP contribution in [0.3, 0.4) is 0 Å². The van der Waals surface area contributed by atoms with Gasteiger partial charge in [-0.2, -0.15) is 0 Å². The molecule has 188 valence electrons. The number of thioether (sulfide) groups is 1. The van der Waals surface area contributed by atoms with Gasteiger partial charge < -0.3 is 19.7 Å². The van der Waals surface area contributed by atoms with Crippen LogP contribution in [0.5, 0.6) is 0 Å². The largest absolute Gasteiger partial charge is 0.465 e.